The Balaban J connectivity index is 1.49. The maximum Gasteiger partial charge on any atom is 0.506 e. The average Bonchev–Trinajstić information content (AvgIpc) is 2.70. The van der Waals surface area contributed by atoms with Crippen molar-refractivity contribution in [3.05, 3.63) is 41.5 Å². The van der Waals surface area contributed by atoms with Crippen LogP contribution >= 0.6 is 0 Å². The Bertz CT molecular complexity index is 1030. The summed E-state index contributed by atoms with van der Waals surface area (Å²) >= 11 is 0. The van der Waals surface area contributed by atoms with Crippen LogP contribution in [0, 0.1) is 11.3 Å². The van der Waals surface area contributed by atoms with E-state index >= 15 is 0 Å². The van der Waals surface area contributed by atoms with Crippen LogP contribution in [-0.4, -0.2) is 41.5 Å². The van der Waals surface area contributed by atoms with Gasteiger partial charge < -0.3 is 14.6 Å². The number of hydrogen-bond donors (Lipinski definition) is 1. The molecule has 2 aromatic rings. The molecule has 0 bridgehead atoms. The molecule has 2 fully saturated rings. The van der Waals surface area contributed by atoms with E-state index in [9.17, 15) is 18.0 Å². The lowest BCUT2D eigenvalue weighted by molar-refractivity contribution is -0.138. The SMILES string of the molecule is CC(C)(C)C1CCC(Oc2ccc3cc(CN4CC(OC(=O)O)C4)ccc3c2C(F)(F)F)CC1. The zero-order chi connectivity index (χ0) is 24.7. The third-order valence-corrected chi connectivity index (χ3v) is 7.12. The van der Waals surface area contributed by atoms with Crippen molar-refractivity contribution in [2.45, 2.75) is 71.4 Å². The molecule has 5 nitrogen and oxygen atoms in total. The van der Waals surface area contributed by atoms with Crippen molar-refractivity contribution in [2.75, 3.05) is 13.1 Å². The number of hydrogen-bond acceptors (Lipinski definition) is 4. The summed E-state index contributed by atoms with van der Waals surface area (Å²) in [6.45, 7) is 8.10. The lowest BCUT2D eigenvalue weighted by Crippen LogP contribution is -2.52. The number of ether oxygens (including phenoxy) is 2. The monoisotopic (exact) mass is 479 g/mol. The van der Waals surface area contributed by atoms with Crippen LogP contribution in [0.1, 0.15) is 57.6 Å². The predicted octanol–water partition coefficient (Wildman–Crippen LogP) is 6.72. The summed E-state index contributed by atoms with van der Waals surface area (Å²) in [7, 11) is 0. The Morgan fingerprint density at radius 1 is 1.03 bits per heavy atom. The van der Waals surface area contributed by atoms with E-state index in [0.29, 0.717) is 30.9 Å². The number of likely N-dealkylation sites (tertiary alicyclic amines) is 1. The van der Waals surface area contributed by atoms with Crippen molar-refractivity contribution in [3.8, 4) is 5.75 Å². The molecule has 4 rings (SSSR count). The highest BCUT2D eigenvalue weighted by molar-refractivity contribution is 5.89. The van der Waals surface area contributed by atoms with Crippen LogP contribution in [-0.2, 0) is 17.5 Å². The smallest absolute Gasteiger partial charge is 0.490 e. The Kier molecular flexibility index (Phi) is 6.73. The maximum absolute atomic E-state index is 14.1. The lowest BCUT2D eigenvalue weighted by atomic mass is 9.72. The third-order valence-electron chi connectivity index (χ3n) is 7.12. The van der Waals surface area contributed by atoms with Gasteiger partial charge in [-0.25, -0.2) is 4.79 Å². The molecule has 0 atom stereocenters. The van der Waals surface area contributed by atoms with Crippen molar-refractivity contribution in [1.82, 2.24) is 4.90 Å². The van der Waals surface area contributed by atoms with Crippen LogP contribution in [0.25, 0.3) is 10.8 Å². The first-order valence-electron chi connectivity index (χ1n) is 11.8. The fraction of sp³-hybridized carbons (Fsp3) is 0.577. The lowest BCUT2D eigenvalue weighted by Gasteiger charge is -2.37. The molecule has 2 aromatic carbocycles. The third kappa shape index (κ3) is 5.59. The minimum atomic E-state index is -4.53. The van der Waals surface area contributed by atoms with E-state index in [0.717, 1.165) is 31.2 Å². The second-order valence-electron chi connectivity index (χ2n) is 10.6. The molecule has 186 valence electrons. The highest BCUT2D eigenvalue weighted by Crippen LogP contribution is 2.44. The topological polar surface area (TPSA) is 59.0 Å². The molecule has 8 heteroatoms. The summed E-state index contributed by atoms with van der Waals surface area (Å²) in [6.07, 6.45) is -2.94. The molecule has 0 spiro atoms. The molecule has 0 unspecified atom stereocenters. The largest absolute Gasteiger partial charge is 0.506 e. The molecular formula is C26H32F3NO4. The highest BCUT2D eigenvalue weighted by atomic mass is 19.4. The van der Waals surface area contributed by atoms with Crippen LogP contribution < -0.4 is 4.74 Å². The van der Waals surface area contributed by atoms with E-state index in [2.05, 4.69) is 20.8 Å². The molecule has 0 amide bonds. The van der Waals surface area contributed by atoms with E-state index in [-0.39, 0.29) is 28.8 Å². The molecule has 1 aliphatic carbocycles. The van der Waals surface area contributed by atoms with Gasteiger partial charge in [0.05, 0.1) is 6.10 Å². The van der Waals surface area contributed by atoms with Crippen LogP contribution in [0.15, 0.2) is 30.3 Å². The van der Waals surface area contributed by atoms with Gasteiger partial charge in [0.1, 0.15) is 17.4 Å². The minimum Gasteiger partial charge on any atom is -0.490 e. The standard InChI is InChI=1S/C26H32F3NO4/c1-25(2,3)18-6-8-19(9-7-18)33-22-11-5-17-12-16(4-10-21(17)23(22)26(27,28)29)13-30-14-20(15-30)34-24(31)32/h4-5,10-12,18-20H,6-9,13-15H2,1-3H3,(H,31,32). The van der Waals surface area contributed by atoms with Gasteiger partial charge in [-0.3, -0.25) is 4.90 Å². The fourth-order valence-corrected chi connectivity index (χ4v) is 5.20. The first kappa shape index (κ1) is 24.6. The molecule has 1 heterocycles. The van der Waals surface area contributed by atoms with Crippen LogP contribution in [0.3, 0.4) is 0 Å². The number of fused-ring (bicyclic) bond motifs is 1. The van der Waals surface area contributed by atoms with Gasteiger partial charge >= 0.3 is 12.3 Å². The fourth-order valence-electron chi connectivity index (χ4n) is 5.20. The Labute approximate surface area is 197 Å². The van der Waals surface area contributed by atoms with Gasteiger partial charge in [0, 0.05) is 19.6 Å². The molecule has 1 aliphatic heterocycles. The molecule has 0 radical (unpaired) electrons. The molecule has 0 aromatic heterocycles. The second kappa shape index (κ2) is 9.29. The highest BCUT2D eigenvalue weighted by Gasteiger charge is 2.38. The Morgan fingerprint density at radius 2 is 1.71 bits per heavy atom. The number of benzene rings is 2. The molecular weight excluding hydrogens is 447 g/mol. The zero-order valence-electron chi connectivity index (χ0n) is 19.8. The molecule has 1 saturated heterocycles. The van der Waals surface area contributed by atoms with Gasteiger partial charge in [-0.2, -0.15) is 13.2 Å². The number of rotatable bonds is 5. The molecule has 1 saturated carbocycles. The van der Waals surface area contributed by atoms with Gasteiger partial charge in [-0.1, -0.05) is 39.0 Å². The van der Waals surface area contributed by atoms with Gasteiger partial charge in [0.2, 0.25) is 0 Å². The molecule has 1 N–H and O–H groups in total. The van der Waals surface area contributed by atoms with E-state index < -0.39 is 17.9 Å². The van der Waals surface area contributed by atoms with Gasteiger partial charge in [0.15, 0.2) is 0 Å². The number of carboxylic acid groups (broad SMARTS) is 1. The Hall–Kier alpha value is -2.48. The van der Waals surface area contributed by atoms with E-state index in [1.165, 1.54) is 12.1 Å². The van der Waals surface area contributed by atoms with Gasteiger partial charge in [0.25, 0.3) is 0 Å². The van der Waals surface area contributed by atoms with Crippen LogP contribution in [0.4, 0.5) is 18.0 Å². The van der Waals surface area contributed by atoms with E-state index in [1.54, 1.807) is 18.2 Å². The zero-order valence-corrected chi connectivity index (χ0v) is 19.8. The average molecular weight is 480 g/mol. The van der Waals surface area contributed by atoms with E-state index in [1.807, 2.05) is 4.90 Å². The van der Waals surface area contributed by atoms with Crippen molar-refractivity contribution in [1.29, 1.82) is 0 Å². The summed E-state index contributed by atoms with van der Waals surface area (Å²) in [4.78, 5) is 12.6. The summed E-state index contributed by atoms with van der Waals surface area (Å²) in [5.41, 5.74) is 0.347. The summed E-state index contributed by atoms with van der Waals surface area (Å²) in [5.74, 6) is 0.463. The van der Waals surface area contributed by atoms with Gasteiger partial charge in [-0.15, -0.1) is 0 Å². The Morgan fingerprint density at radius 3 is 2.29 bits per heavy atom. The van der Waals surface area contributed by atoms with Crippen molar-refractivity contribution in [2.24, 2.45) is 11.3 Å². The summed E-state index contributed by atoms with van der Waals surface area (Å²) in [6, 6.07) is 8.11. The number of nitrogens with zero attached hydrogens (tertiary/aromatic N) is 1. The first-order valence-corrected chi connectivity index (χ1v) is 11.8. The molecule has 2 aliphatic rings. The number of halogens is 3. The van der Waals surface area contributed by atoms with E-state index in [4.69, 9.17) is 14.6 Å². The first-order chi connectivity index (χ1) is 15.9. The van der Waals surface area contributed by atoms with Crippen molar-refractivity contribution >= 4 is 16.9 Å². The van der Waals surface area contributed by atoms with Crippen molar-refractivity contribution in [3.63, 3.8) is 0 Å². The second-order valence-corrected chi connectivity index (χ2v) is 10.6. The minimum absolute atomic E-state index is 0.0941. The number of alkyl halides is 3. The van der Waals surface area contributed by atoms with Crippen LogP contribution in [0.5, 0.6) is 5.75 Å². The number of carbonyl (C=O) groups is 1. The van der Waals surface area contributed by atoms with Crippen molar-refractivity contribution < 1.29 is 32.5 Å². The summed E-state index contributed by atoms with van der Waals surface area (Å²) < 4.78 is 53.0. The normalized spacial score (nSPS) is 22.4. The maximum atomic E-state index is 14.1. The predicted molar refractivity (Wildman–Crippen MR) is 123 cm³/mol. The van der Waals surface area contributed by atoms with Crippen LogP contribution in [0.2, 0.25) is 0 Å². The van der Waals surface area contributed by atoms with Gasteiger partial charge in [-0.05, 0) is 65.5 Å². The summed E-state index contributed by atoms with van der Waals surface area (Å²) in [5, 5.41) is 9.30. The quantitative estimate of drug-likeness (QED) is 0.483. The molecule has 34 heavy (non-hydrogen) atoms.